The van der Waals surface area contributed by atoms with Crippen LogP contribution in [0.1, 0.15) is 18.9 Å². The molecule has 1 N–H and O–H groups in total. The van der Waals surface area contributed by atoms with E-state index in [9.17, 15) is 5.11 Å². The molecule has 0 amide bonds. The number of likely N-dealkylation sites (N-methyl/N-ethyl adjacent to an activating group) is 1. The maximum atomic E-state index is 10.2. The van der Waals surface area contributed by atoms with Crippen LogP contribution in [0.5, 0.6) is 0 Å². The summed E-state index contributed by atoms with van der Waals surface area (Å²) < 4.78 is 5.32. The van der Waals surface area contributed by atoms with Gasteiger partial charge in [0.1, 0.15) is 0 Å². The monoisotopic (exact) mass is 249 g/mol. The predicted octanol–water partition coefficient (Wildman–Crippen LogP) is 2.08. The van der Waals surface area contributed by atoms with Gasteiger partial charge in [-0.15, -0.1) is 0 Å². The highest BCUT2D eigenvalue weighted by Gasteiger charge is 2.24. The molecule has 0 spiro atoms. The molecule has 1 aromatic rings. The van der Waals surface area contributed by atoms with Crippen molar-refractivity contribution in [3.63, 3.8) is 0 Å². The topological polar surface area (TPSA) is 32.7 Å². The highest BCUT2D eigenvalue weighted by Crippen LogP contribution is 2.20. The fourth-order valence-corrected chi connectivity index (χ4v) is 2.38. The summed E-state index contributed by atoms with van der Waals surface area (Å²) in [5.74, 6) is 0.294. The van der Waals surface area contributed by atoms with E-state index in [-0.39, 0.29) is 6.10 Å². The second kappa shape index (κ2) is 6.21. The van der Waals surface area contributed by atoms with Crippen molar-refractivity contribution in [2.45, 2.75) is 25.9 Å². The zero-order valence-electron chi connectivity index (χ0n) is 11.3. The molecule has 2 unspecified atom stereocenters. The van der Waals surface area contributed by atoms with E-state index >= 15 is 0 Å². The Morgan fingerprint density at radius 1 is 1.39 bits per heavy atom. The summed E-state index contributed by atoms with van der Waals surface area (Å²) in [6, 6.07) is 8.54. The quantitative estimate of drug-likeness (QED) is 0.867. The smallest absolute Gasteiger partial charge is 0.0765 e. The second-order valence-electron chi connectivity index (χ2n) is 5.09. The van der Waals surface area contributed by atoms with Gasteiger partial charge < -0.3 is 14.7 Å². The molecule has 1 aromatic carbocycles. The largest absolute Gasteiger partial charge is 0.391 e. The second-order valence-corrected chi connectivity index (χ2v) is 5.09. The van der Waals surface area contributed by atoms with Crippen LogP contribution in [0.25, 0.3) is 0 Å². The molecule has 0 aliphatic carbocycles. The van der Waals surface area contributed by atoms with Crippen LogP contribution in [0.2, 0.25) is 0 Å². The summed E-state index contributed by atoms with van der Waals surface area (Å²) in [5.41, 5.74) is 2.50. The molecular weight excluding hydrogens is 226 g/mol. The van der Waals surface area contributed by atoms with E-state index in [2.05, 4.69) is 36.1 Å². The van der Waals surface area contributed by atoms with E-state index in [4.69, 9.17) is 4.74 Å². The van der Waals surface area contributed by atoms with E-state index in [1.54, 1.807) is 0 Å². The average molecular weight is 249 g/mol. The van der Waals surface area contributed by atoms with Crippen molar-refractivity contribution in [3.05, 3.63) is 29.8 Å². The highest BCUT2D eigenvalue weighted by molar-refractivity contribution is 5.47. The number of hydrogen-bond donors (Lipinski definition) is 1. The summed E-state index contributed by atoms with van der Waals surface area (Å²) in [4.78, 5) is 2.11. The number of aliphatic hydroxyl groups is 1. The Morgan fingerprint density at radius 2 is 2.11 bits per heavy atom. The highest BCUT2D eigenvalue weighted by atomic mass is 16.5. The Labute approximate surface area is 109 Å². The van der Waals surface area contributed by atoms with Gasteiger partial charge in [-0.3, -0.25) is 0 Å². The van der Waals surface area contributed by atoms with Gasteiger partial charge in [0, 0.05) is 31.8 Å². The minimum absolute atomic E-state index is 0.294. The lowest BCUT2D eigenvalue weighted by atomic mass is 10.0. The van der Waals surface area contributed by atoms with Gasteiger partial charge in [-0.2, -0.15) is 0 Å². The van der Waals surface area contributed by atoms with Gasteiger partial charge >= 0.3 is 0 Å². The van der Waals surface area contributed by atoms with Crippen molar-refractivity contribution in [1.29, 1.82) is 0 Å². The van der Waals surface area contributed by atoms with Gasteiger partial charge in [0.25, 0.3) is 0 Å². The lowest BCUT2D eigenvalue weighted by Gasteiger charge is -2.25. The number of anilines is 1. The molecule has 0 saturated carbocycles. The molecule has 2 atom stereocenters. The zero-order chi connectivity index (χ0) is 13.0. The predicted molar refractivity (Wildman–Crippen MR) is 74.0 cm³/mol. The molecule has 3 nitrogen and oxygen atoms in total. The first kappa shape index (κ1) is 13.4. The van der Waals surface area contributed by atoms with Crippen LogP contribution in [-0.4, -0.2) is 38.0 Å². The van der Waals surface area contributed by atoms with Crippen molar-refractivity contribution in [2.24, 2.45) is 5.92 Å². The third-order valence-electron chi connectivity index (χ3n) is 3.76. The lowest BCUT2D eigenvalue weighted by Crippen LogP contribution is -2.34. The Balaban J connectivity index is 1.91. The van der Waals surface area contributed by atoms with Crippen molar-refractivity contribution < 1.29 is 9.84 Å². The van der Waals surface area contributed by atoms with Gasteiger partial charge in [-0.1, -0.05) is 19.1 Å². The number of aryl methyl sites for hydroxylation is 1. The van der Waals surface area contributed by atoms with Crippen LogP contribution in [0.4, 0.5) is 5.69 Å². The number of nitrogens with zero attached hydrogens (tertiary/aromatic N) is 1. The van der Waals surface area contributed by atoms with Crippen molar-refractivity contribution >= 4 is 5.69 Å². The number of hydrogen-bond acceptors (Lipinski definition) is 3. The molecule has 0 aromatic heterocycles. The van der Waals surface area contributed by atoms with Crippen LogP contribution >= 0.6 is 0 Å². The molecule has 1 heterocycles. The molecule has 3 heteroatoms. The van der Waals surface area contributed by atoms with Gasteiger partial charge in [0.15, 0.2) is 0 Å². The van der Waals surface area contributed by atoms with Crippen LogP contribution in [-0.2, 0) is 11.2 Å². The van der Waals surface area contributed by atoms with Crippen LogP contribution in [0, 0.1) is 5.92 Å². The van der Waals surface area contributed by atoms with Crippen molar-refractivity contribution in [3.8, 4) is 0 Å². The van der Waals surface area contributed by atoms with Crippen LogP contribution in [0.15, 0.2) is 24.3 Å². The zero-order valence-corrected chi connectivity index (χ0v) is 11.3. The van der Waals surface area contributed by atoms with Gasteiger partial charge in [-0.05, 0) is 30.5 Å². The standard InChI is InChI=1S/C15H23NO2/c1-3-12-4-6-14(7-5-12)16(2)10-15(17)13-8-9-18-11-13/h4-7,13,15,17H,3,8-11H2,1-2H3. The van der Waals surface area contributed by atoms with E-state index in [1.165, 1.54) is 5.56 Å². The molecule has 1 aliphatic heterocycles. The molecular formula is C15H23NO2. The SMILES string of the molecule is CCc1ccc(N(C)CC(O)C2CCOC2)cc1. The molecule has 0 bridgehead atoms. The number of aliphatic hydroxyl groups excluding tert-OH is 1. The average Bonchev–Trinajstić information content (AvgIpc) is 2.92. The first-order chi connectivity index (χ1) is 8.70. The van der Waals surface area contributed by atoms with Crippen molar-refractivity contribution in [1.82, 2.24) is 0 Å². The fraction of sp³-hybridized carbons (Fsp3) is 0.600. The summed E-state index contributed by atoms with van der Waals surface area (Å²) in [6.45, 7) is 4.31. The number of rotatable bonds is 5. The first-order valence-corrected chi connectivity index (χ1v) is 6.76. The lowest BCUT2D eigenvalue weighted by molar-refractivity contribution is 0.0970. The fourth-order valence-electron chi connectivity index (χ4n) is 2.38. The molecule has 100 valence electrons. The van der Waals surface area contributed by atoms with E-state index in [0.717, 1.165) is 25.1 Å². The Morgan fingerprint density at radius 3 is 2.67 bits per heavy atom. The molecule has 1 saturated heterocycles. The molecule has 2 rings (SSSR count). The Bertz CT molecular complexity index is 357. The summed E-state index contributed by atoms with van der Waals surface area (Å²) >= 11 is 0. The molecule has 1 aliphatic rings. The number of ether oxygens (including phenoxy) is 1. The summed E-state index contributed by atoms with van der Waals surface area (Å²) in [6.07, 6.45) is 1.74. The van der Waals surface area contributed by atoms with Gasteiger partial charge in [0.05, 0.1) is 12.7 Å². The van der Waals surface area contributed by atoms with Gasteiger partial charge in [-0.25, -0.2) is 0 Å². The third-order valence-corrected chi connectivity index (χ3v) is 3.76. The maximum Gasteiger partial charge on any atom is 0.0765 e. The summed E-state index contributed by atoms with van der Waals surface area (Å²) in [7, 11) is 2.03. The van der Waals surface area contributed by atoms with Gasteiger partial charge in [0.2, 0.25) is 0 Å². The van der Waals surface area contributed by atoms with Crippen LogP contribution < -0.4 is 4.90 Å². The normalized spacial score (nSPS) is 20.9. The maximum absolute atomic E-state index is 10.2. The van der Waals surface area contributed by atoms with E-state index in [1.807, 2.05) is 7.05 Å². The van der Waals surface area contributed by atoms with E-state index in [0.29, 0.717) is 19.1 Å². The minimum atomic E-state index is -0.302. The van der Waals surface area contributed by atoms with Crippen molar-refractivity contribution in [2.75, 3.05) is 31.7 Å². The molecule has 0 radical (unpaired) electrons. The molecule has 1 fully saturated rings. The summed E-state index contributed by atoms with van der Waals surface area (Å²) in [5, 5.41) is 10.2. The first-order valence-electron chi connectivity index (χ1n) is 6.76. The Hall–Kier alpha value is -1.06. The molecule has 18 heavy (non-hydrogen) atoms. The third kappa shape index (κ3) is 3.24. The number of benzene rings is 1. The van der Waals surface area contributed by atoms with Crippen LogP contribution in [0.3, 0.4) is 0 Å². The minimum Gasteiger partial charge on any atom is -0.391 e. The van der Waals surface area contributed by atoms with E-state index < -0.39 is 0 Å². The Kier molecular flexibility index (Phi) is 4.61.